The van der Waals surface area contributed by atoms with E-state index in [0.29, 0.717) is 5.56 Å². The fraction of sp³-hybridized carbons (Fsp3) is 0.0588. The fourth-order valence-electron chi connectivity index (χ4n) is 2.36. The third-order valence-corrected chi connectivity index (χ3v) is 3.51. The summed E-state index contributed by atoms with van der Waals surface area (Å²) in [7, 11) is 0. The maximum atomic E-state index is 11.4. The van der Waals surface area contributed by atoms with E-state index in [2.05, 4.69) is 16.3 Å². The third-order valence-electron chi connectivity index (χ3n) is 3.51. The minimum atomic E-state index is -0.416. The molecule has 3 aromatic rings. The van der Waals surface area contributed by atoms with Gasteiger partial charge in [0.25, 0.3) is 0 Å². The lowest BCUT2D eigenvalue weighted by molar-refractivity contribution is 0.100. The topological polar surface area (TPSA) is 71.8 Å². The summed E-state index contributed by atoms with van der Waals surface area (Å²) in [4.78, 5) is 11.4. The molecule has 0 aliphatic carbocycles. The van der Waals surface area contributed by atoms with Crippen LogP contribution in [0.15, 0.2) is 54.7 Å². The number of rotatable bonds is 3. The number of aryl methyl sites for hydroxylation is 1. The Bertz CT molecular complexity index is 792. The third kappa shape index (κ3) is 2.56. The predicted molar refractivity (Wildman–Crippen MR) is 82.7 cm³/mol. The van der Waals surface area contributed by atoms with Crippen LogP contribution in [0.4, 0.5) is 0 Å². The van der Waals surface area contributed by atoms with E-state index in [4.69, 9.17) is 5.73 Å². The summed E-state index contributed by atoms with van der Waals surface area (Å²) in [6.45, 7) is 2.02. The van der Waals surface area contributed by atoms with Crippen LogP contribution in [-0.2, 0) is 0 Å². The molecule has 0 bridgehead atoms. The molecule has 21 heavy (non-hydrogen) atoms. The van der Waals surface area contributed by atoms with Crippen LogP contribution in [0.1, 0.15) is 15.9 Å². The number of aromatic nitrogens is 2. The van der Waals surface area contributed by atoms with Crippen molar-refractivity contribution in [1.29, 1.82) is 0 Å². The smallest absolute Gasteiger partial charge is 0.248 e. The Morgan fingerprint density at radius 1 is 1.10 bits per heavy atom. The largest absolute Gasteiger partial charge is 0.366 e. The lowest BCUT2D eigenvalue weighted by Crippen LogP contribution is -2.10. The van der Waals surface area contributed by atoms with Crippen molar-refractivity contribution < 1.29 is 4.79 Å². The lowest BCUT2D eigenvalue weighted by atomic mass is 9.96. The highest BCUT2D eigenvalue weighted by molar-refractivity contribution is 5.94. The van der Waals surface area contributed by atoms with Gasteiger partial charge in [-0.2, -0.15) is 5.10 Å². The zero-order valence-electron chi connectivity index (χ0n) is 11.6. The summed E-state index contributed by atoms with van der Waals surface area (Å²) in [5.41, 5.74) is 11.0. The van der Waals surface area contributed by atoms with E-state index in [9.17, 15) is 4.79 Å². The molecule has 1 amide bonds. The molecule has 0 aliphatic heterocycles. The first kappa shape index (κ1) is 13.1. The molecule has 0 spiro atoms. The van der Waals surface area contributed by atoms with E-state index in [1.165, 1.54) is 0 Å². The van der Waals surface area contributed by atoms with Crippen LogP contribution in [0.2, 0.25) is 0 Å². The van der Waals surface area contributed by atoms with Crippen LogP contribution >= 0.6 is 0 Å². The average molecular weight is 277 g/mol. The van der Waals surface area contributed by atoms with Gasteiger partial charge in [-0.1, -0.05) is 24.3 Å². The second-order valence-corrected chi connectivity index (χ2v) is 4.95. The molecule has 0 fully saturated rings. The molecule has 2 aromatic carbocycles. The number of benzene rings is 2. The van der Waals surface area contributed by atoms with Crippen molar-refractivity contribution in [3.8, 4) is 22.4 Å². The van der Waals surface area contributed by atoms with E-state index >= 15 is 0 Å². The van der Waals surface area contributed by atoms with Gasteiger partial charge >= 0.3 is 0 Å². The Morgan fingerprint density at radius 3 is 2.62 bits per heavy atom. The molecule has 3 rings (SSSR count). The van der Waals surface area contributed by atoms with Gasteiger partial charge in [-0.25, -0.2) is 0 Å². The average Bonchev–Trinajstić information content (AvgIpc) is 3.02. The first-order chi connectivity index (χ1) is 10.1. The minimum absolute atomic E-state index is 0.416. The van der Waals surface area contributed by atoms with E-state index < -0.39 is 5.91 Å². The van der Waals surface area contributed by atoms with Crippen LogP contribution in [0, 0.1) is 6.92 Å². The number of carbonyl (C=O) groups excluding carboxylic acids is 1. The predicted octanol–water partition coefficient (Wildman–Crippen LogP) is 3.15. The number of nitrogens with two attached hydrogens (primary N) is 1. The van der Waals surface area contributed by atoms with E-state index in [1.807, 2.05) is 43.3 Å². The van der Waals surface area contributed by atoms with Crippen LogP contribution in [0.25, 0.3) is 22.4 Å². The Kier molecular flexibility index (Phi) is 3.28. The van der Waals surface area contributed by atoms with Crippen molar-refractivity contribution >= 4 is 5.91 Å². The van der Waals surface area contributed by atoms with Gasteiger partial charge in [0.05, 0.1) is 5.69 Å². The molecular formula is C17H15N3O. The standard InChI is InChI=1S/C17H15N3O/c1-11-5-6-14(17(18)21)10-15(11)12-3-2-4-13(9-12)16-7-8-19-20-16/h2-10H,1H3,(H2,18,21)(H,19,20). The maximum Gasteiger partial charge on any atom is 0.248 e. The molecule has 1 aromatic heterocycles. The van der Waals surface area contributed by atoms with Gasteiger partial charge in [-0.05, 0) is 47.9 Å². The number of H-pyrrole nitrogens is 1. The van der Waals surface area contributed by atoms with Crippen molar-refractivity contribution in [2.75, 3.05) is 0 Å². The number of aromatic amines is 1. The summed E-state index contributed by atoms with van der Waals surface area (Å²) in [6, 6.07) is 15.5. The number of nitrogens with zero attached hydrogens (tertiary/aromatic N) is 1. The lowest BCUT2D eigenvalue weighted by Gasteiger charge is -2.09. The zero-order chi connectivity index (χ0) is 14.8. The van der Waals surface area contributed by atoms with Crippen molar-refractivity contribution in [3.63, 3.8) is 0 Å². The van der Waals surface area contributed by atoms with Gasteiger partial charge in [0, 0.05) is 17.3 Å². The quantitative estimate of drug-likeness (QED) is 0.772. The minimum Gasteiger partial charge on any atom is -0.366 e. The summed E-state index contributed by atoms with van der Waals surface area (Å²) in [6.07, 6.45) is 1.72. The highest BCUT2D eigenvalue weighted by atomic mass is 16.1. The summed E-state index contributed by atoms with van der Waals surface area (Å²) >= 11 is 0. The summed E-state index contributed by atoms with van der Waals surface area (Å²) in [5, 5.41) is 6.92. The fourth-order valence-corrected chi connectivity index (χ4v) is 2.36. The number of amides is 1. The number of hydrogen-bond acceptors (Lipinski definition) is 2. The van der Waals surface area contributed by atoms with Gasteiger partial charge < -0.3 is 5.73 Å². The van der Waals surface area contributed by atoms with E-state index in [-0.39, 0.29) is 0 Å². The molecule has 0 saturated carbocycles. The first-order valence-corrected chi connectivity index (χ1v) is 6.66. The highest BCUT2D eigenvalue weighted by Gasteiger charge is 2.08. The molecule has 1 heterocycles. The van der Waals surface area contributed by atoms with E-state index in [1.54, 1.807) is 12.3 Å². The molecule has 3 N–H and O–H groups in total. The molecule has 0 unspecified atom stereocenters. The Morgan fingerprint density at radius 2 is 1.90 bits per heavy atom. The van der Waals surface area contributed by atoms with Gasteiger partial charge in [-0.3, -0.25) is 9.89 Å². The van der Waals surface area contributed by atoms with Gasteiger partial charge in [0.15, 0.2) is 0 Å². The van der Waals surface area contributed by atoms with E-state index in [0.717, 1.165) is 27.9 Å². The number of hydrogen-bond donors (Lipinski definition) is 2. The number of nitrogens with one attached hydrogen (secondary N) is 1. The summed E-state index contributed by atoms with van der Waals surface area (Å²) < 4.78 is 0. The van der Waals surface area contributed by atoms with Crippen LogP contribution in [-0.4, -0.2) is 16.1 Å². The van der Waals surface area contributed by atoms with Gasteiger partial charge in [-0.15, -0.1) is 0 Å². The molecule has 0 aliphatic rings. The Labute approximate surface area is 122 Å². The molecule has 4 heteroatoms. The van der Waals surface area contributed by atoms with Crippen molar-refractivity contribution in [3.05, 3.63) is 65.9 Å². The van der Waals surface area contributed by atoms with Gasteiger partial charge in [0.2, 0.25) is 5.91 Å². The molecular weight excluding hydrogens is 262 g/mol. The monoisotopic (exact) mass is 277 g/mol. The highest BCUT2D eigenvalue weighted by Crippen LogP contribution is 2.28. The van der Waals surface area contributed by atoms with Gasteiger partial charge in [0.1, 0.15) is 0 Å². The van der Waals surface area contributed by atoms with Crippen molar-refractivity contribution in [2.24, 2.45) is 5.73 Å². The van der Waals surface area contributed by atoms with Crippen molar-refractivity contribution in [1.82, 2.24) is 10.2 Å². The molecule has 0 radical (unpaired) electrons. The molecule has 4 nitrogen and oxygen atoms in total. The second kappa shape index (κ2) is 5.25. The SMILES string of the molecule is Cc1ccc(C(N)=O)cc1-c1cccc(-c2ccn[nH]2)c1. The Balaban J connectivity index is 2.11. The Hall–Kier alpha value is -2.88. The van der Waals surface area contributed by atoms with Crippen LogP contribution in [0.5, 0.6) is 0 Å². The normalized spacial score (nSPS) is 10.5. The zero-order valence-corrected chi connectivity index (χ0v) is 11.6. The molecule has 0 saturated heterocycles. The number of primary amides is 1. The second-order valence-electron chi connectivity index (χ2n) is 4.95. The maximum absolute atomic E-state index is 11.4. The van der Waals surface area contributed by atoms with Crippen molar-refractivity contribution in [2.45, 2.75) is 6.92 Å². The molecule has 0 atom stereocenters. The van der Waals surface area contributed by atoms with Crippen LogP contribution < -0.4 is 5.73 Å². The number of carbonyl (C=O) groups is 1. The first-order valence-electron chi connectivity index (χ1n) is 6.66. The molecule has 104 valence electrons. The van der Waals surface area contributed by atoms with Crippen LogP contribution in [0.3, 0.4) is 0 Å². The summed E-state index contributed by atoms with van der Waals surface area (Å²) in [5.74, 6) is -0.416.